The molecule has 2 rings (SSSR count). The Morgan fingerprint density at radius 2 is 1.40 bits per heavy atom. The summed E-state index contributed by atoms with van der Waals surface area (Å²) in [5, 5.41) is 8.35. The third-order valence-electron chi connectivity index (χ3n) is 3.87. The molecule has 0 radical (unpaired) electrons. The van der Waals surface area contributed by atoms with E-state index in [9.17, 15) is 19.2 Å². The van der Waals surface area contributed by atoms with Crippen LogP contribution in [0.25, 0.3) is 0 Å². The lowest BCUT2D eigenvalue weighted by Gasteiger charge is -2.08. The van der Waals surface area contributed by atoms with Gasteiger partial charge in [0.05, 0.1) is 6.42 Å². The van der Waals surface area contributed by atoms with Crippen molar-refractivity contribution in [1.82, 2.24) is 0 Å². The molecule has 0 saturated carbocycles. The van der Waals surface area contributed by atoms with E-state index in [-0.39, 0.29) is 24.7 Å². The van der Waals surface area contributed by atoms with Gasteiger partial charge < -0.3 is 20.7 Å². The van der Waals surface area contributed by atoms with E-state index in [1.54, 1.807) is 42.5 Å². The molecule has 3 amide bonds. The lowest BCUT2D eigenvalue weighted by molar-refractivity contribution is -0.147. The number of rotatable bonds is 8. The van der Waals surface area contributed by atoms with Crippen LogP contribution in [0.2, 0.25) is 5.02 Å². The standard InChI is InChI=1S/C21H22ClN3O5/c1-13-3-4-17(11-18(13)22)25-19(27)9-10-21(29)30-12-20(28)24-16-7-5-15(6-8-16)23-14(2)26/h3-8,11H,9-10,12H2,1-2H3,(H,23,26)(H,24,28)(H,25,27). The molecule has 8 nitrogen and oxygen atoms in total. The number of amides is 3. The molecule has 30 heavy (non-hydrogen) atoms. The molecular formula is C21H22ClN3O5. The number of hydrogen-bond donors (Lipinski definition) is 3. The van der Waals surface area contributed by atoms with E-state index in [4.69, 9.17) is 16.3 Å². The lowest BCUT2D eigenvalue weighted by atomic mass is 10.2. The fourth-order valence-corrected chi connectivity index (χ4v) is 2.55. The van der Waals surface area contributed by atoms with Gasteiger partial charge in [0.15, 0.2) is 6.61 Å². The van der Waals surface area contributed by atoms with Crippen LogP contribution in [-0.4, -0.2) is 30.3 Å². The highest BCUT2D eigenvalue weighted by Crippen LogP contribution is 2.20. The minimum absolute atomic E-state index is 0.0867. The first-order valence-corrected chi connectivity index (χ1v) is 9.50. The van der Waals surface area contributed by atoms with E-state index in [1.807, 2.05) is 6.92 Å². The zero-order valence-corrected chi connectivity index (χ0v) is 17.3. The third-order valence-corrected chi connectivity index (χ3v) is 4.27. The smallest absolute Gasteiger partial charge is 0.306 e. The molecule has 0 atom stereocenters. The summed E-state index contributed by atoms with van der Waals surface area (Å²) in [6.07, 6.45) is -0.249. The number of carbonyl (C=O) groups is 4. The van der Waals surface area contributed by atoms with E-state index in [2.05, 4.69) is 16.0 Å². The van der Waals surface area contributed by atoms with Crippen molar-refractivity contribution in [3.05, 3.63) is 53.1 Å². The maximum absolute atomic E-state index is 11.9. The summed E-state index contributed by atoms with van der Waals surface area (Å²) in [6.45, 7) is 2.77. The molecule has 9 heteroatoms. The predicted molar refractivity (Wildman–Crippen MR) is 114 cm³/mol. The monoisotopic (exact) mass is 431 g/mol. The Bertz CT molecular complexity index is 944. The molecule has 2 aromatic carbocycles. The van der Waals surface area contributed by atoms with Crippen LogP contribution in [0.3, 0.4) is 0 Å². The number of ether oxygens (including phenoxy) is 1. The Balaban J connectivity index is 1.69. The minimum atomic E-state index is -0.664. The summed E-state index contributed by atoms with van der Waals surface area (Å²) in [4.78, 5) is 46.5. The van der Waals surface area contributed by atoms with Crippen LogP contribution < -0.4 is 16.0 Å². The van der Waals surface area contributed by atoms with Gasteiger partial charge in [0.1, 0.15) is 0 Å². The van der Waals surface area contributed by atoms with Gasteiger partial charge in [-0.15, -0.1) is 0 Å². The summed E-state index contributed by atoms with van der Waals surface area (Å²) in [7, 11) is 0. The first-order chi connectivity index (χ1) is 14.2. The number of hydrogen-bond acceptors (Lipinski definition) is 5. The minimum Gasteiger partial charge on any atom is -0.456 e. The number of benzene rings is 2. The normalized spacial score (nSPS) is 10.1. The number of aryl methyl sites for hydroxylation is 1. The Hall–Kier alpha value is -3.39. The van der Waals surface area contributed by atoms with E-state index in [0.29, 0.717) is 22.1 Å². The average Bonchev–Trinajstić information content (AvgIpc) is 2.69. The summed E-state index contributed by atoms with van der Waals surface area (Å²) >= 11 is 6.00. The molecule has 0 aliphatic rings. The summed E-state index contributed by atoms with van der Waals surface area (Å²) in [5.74, 6) is -1.75. The van der Waals surface area contributed by atoms with Crippen LogP contribution in [0.5, 0.6) is 0 Å². The van der Waals surface area contributed by atoms with Gasteiger partial charge in [0.25, 0.3) is 5.91 Å². The van der Waals surface area contributed by atoms with E-state index in [0.717, 1.165) is 5.56 Å². The highest BCUT2D eigenvalue weighted by Gasteiger charge is 2.11. The van der Waals surface area contributed by atoms with Gasteiger partial charge in [-0.1, -0.05) is 17.7 Å². The first-order valence-electron chi connectivity index (χ1n) is 9.12. The fraction of sp³-hybridized carbons (Fsp3) is 0.238. The van der Waals surface area contributed by atoms with Crippen molar-refractivity contribution < 1.29 is 23.9 Å². The number of nitrogens with one attached hydrogen (secondary N) is 3. The summed E-state index contributed by atoms with van der Waals surface area (Å²) in [6, 6.07) is 11.6. The largest absolute Gasteiger partial charge is 0.456 e. The molecule has 0 heterocycles. The first kappa shape index (κ1) is 22.9. The van der Waals surface area contributed by atoms with Gasteiger partial charge >= 0.3 is 5.97 Å². The Kier molecular flexibility index (Phi) is 8.37. The van der Waals surface area contributed by atoms with Gasteiger partial charge in [-0.3, -0.25) is 19.2 Å². The highest BCUT2D eigenvalue weighted by molar-refractivity contribution is 6.31. The quantitative estimate of drug-likeness (QED) is 0.553. The number of halogens is 1. The maximum atomic E-state index is 11.9. The predicted octanol–water partition coefficient (Wildman–Crippen LogP) is 3.51. The molecule has 0 unspecified atom stereocenters. The van der Waals surface area contributed by atoms with Crippen molar-refractivity contribution in [3.63, 3.8) is 0 Å². The van der Waals surface area contributed by atoms with Crippen molar-refractivity contribution in [2.45, 2.75) is 26.7 Å². The van der Waals surface area contributed by atoms with Gasteiger partial charge in [0, 0.05) is 35.4 Å². The molecule has 0 bridgehead atoms. The molecule has 0 spiro atoms. The summed E-state index contributed by atoms with van der Waals surface area (Å²) < 4.78 is 4.88. The molecule has 0 aliphatic carbocycles. The Morgan fingerprint density at radius 1 is 0.833 bits per heavy atom. The third kappa shape index (κ3) is 7.92. The molecule has 3 N–H and O–H groups in total. The number of anilines is 3. The highest BCUT2D eigenvalue weighted by atomic mass is 35.5. The topological polar surface area (TPSA) is 114 Å². The molecule has 2 aromatic rings. The van der Waals surface area contributed by atoms with Gasteiger partial charge in [-0.2, -0.15) is 0 Å². The average molecular weight is 432 g/mol. The fourth-order valence-electron chi connectivity index (χ4n) is 2.37. The van der Waals surface area contributed by atoms with Crippen LogP contribution in [-0.2, 0) is 23.9 Å². The second-order valence-electron chi connectivity index (χ2n) is 6.48. The van der Waals surface area contributed by atoms with Gasteiger partial charge in [0.2, 0.25) is 11.8 Å². The van der Waals surface area contributed by atoms with Crippen molar-refractivity contribution >= 4 is 52.4 Å². The van der Waals surface area contributed by atoms with Crippen LogP contribution in [0.15, 0.2) is 42.5 Å². The summed E-state index contributed by atoms with van der Waals surface area (Å²) in [5.41, 5.74) is 2.51. The van der Waals surface area contributed by atoms with Crippen molar-refractivity contribution in [1.29, 1.82) is 0 Å². The van der Waals surface area contributed by atoms with Crippen molar-refractivity contribution in [3.8, 4) is 0 Å². The van der Waals surface area contributed by atoms with Crippen molar-refractivity contribution in [2.75, 3.05) is 22.6 Å². The van der Waals surface area contributed by atoms with Gasteiger partial charge in [-0.05, 0) is 48.9 Å². The van der Waals surface area contributed by atoms with Crippen LogP contribution in [0, 0.1) is 6.92 Å². The molecule has 0 saturated heterocycles. The van der Waals surface area contributed by atoms with Crippen molar-refractivity contribution in [2.24, 2.45) is 0 Å². The second kappa shape index (κ2) is 11.0. The zero-order chi connectivity index (χ0) is 22.1. The van der Waals surface area contributed by atoms with Crippen LogP contribution >= 0.6 is 11.6 Å². The SMILES string of the molecule is CC(=O)Nc1ccc(NC(=O)COC(=O)CCC(=O)Nc2ccc(C)c(Cl)c2)cc1. The molecule has 0 fully saturated rings. The van der Waals surface area contributed by atoms with Crippen LogP contribution in [0.4, 0.5) is 17.1 Å². The van der Waals surface area contributed by atoms with E-state index < -0.39 is 18.5 Å². The lowest BCUT2D eigenvalue weighted by Crippen LogP contribution is -2.21. The number of carbonyl (C=O) groups excluding carboxylic acids is 4. The molecule has 0 aliphatic heterocycles. The molecule has 0 aromatic heterocycles. The number of esters is 1. The second-order valence-corrected chi connectivity index (χ2v) is 6.89. The van der Waals surface area contributed by atoms with Crippen LogP contribution in [0.1, 0.15) is 25.3 Å². The van der Waals surface area contributed by atoms with E-state index >= 15 is 0 Å². The van der Waals surface area contributed by atoms with E-state index in [1.165, 1.54) is 6.92 Å². The Labute approximate surface area is 178 Å². The molecular weight excluding hydrogens is 410 g/mol. The molecule has 158 valence electrons. The zero-order valence-electron chi connectivity index (χ0n) is 16.6. The van der Waals surface area contributed by atoms with Gasteiger partial charge in [-0.25, -0.2) is 0 Å². The Morgan fingerprint density at radius 3 is 2.00 bits per heavy atom. The maximum Gasteiger partial charge on any atom is 0.306 e.